The first-order valence-corrected chi connectivity index (χ1v) is 7.28. The molecule has 1 saturated heterocycles. The van der Waals surface area contributed by atoms with Gasteiger partial charge in [0.1, 0.15) is 0 Å². The van der Waals surface area contributed by atoms with Crippen LogP contribution in [-0.2, 0) is 6.18 Å². The van der Waals surface area contributed by atoms with Gasteiger partial charge >= 0.3 is 12.2 Å². The maximum atomic E-state index is 12.6. The molecule has 1 aliphatic rings. The van der Waals surface area contributed by atoms with Crippen LogP contribution in [-0.4, -0.2) is 37.1 Å². The van der Waals surface area contributed by atoms with Gasteiger partial charge in [0.05, 0.1) is 5.56 Å². The highest BCUT2D eigenvalue weighted by Crippen LogP contribution is 2.30. The van der Waals surface area contributed by atoms with Crippen LogP contribution in [0.2, 0.25) is 0 Å². The molecule has 2 rings (SSSR count). The molecule has 1 aromatic carbocycles. The molecule has 0 spiro atoms. The van der Waals surface area contributed by atoms with Crippen LogP contribution in [0, 0.1) is 0 Å². The van der Waals surface area contributed by atoms with E-state index >= 15 is 0 Å². The maximum Gasteiger partial charge on any atom is 0.416 e. The molecule has 0 aromatic heterocycles. The SMILES string of the molecule is CN1CCCC1CCNC(=O)Nc1cccc(C(F)(F)F)c1. The van der Waals surface area contributed by atoms with Crippen LogP contribution in [0.1, 0.15) is 24.8 Å². The Morgan fingerprint density at radius 2 is 2.18 bits per heavy atom. The van der Waals surface area contributed by atoms with E-state index in [1.807, 2.05) is 0 Å². The molecule has 0 radical (unpaired) electrons. The zero-order valence-electron chi connectivity index (χ0n) is 12.4. The Hall–Kier alpha value is -1.76. The zero-order valence-corrected chi connectivity index (χ0v) is 12.4. The highest BCUT2D eigenvalue weighted by atomic mass is 19.4. The van der Waals surface area contributed by atoms with Crippen LogP contribution in [0.15, 0.2) is 24.3 Å². The highest BCUT2D eigenvalue weighted by Gasteiger charge is 2.30. The van der Waals surface area contributed by atoms with Crippen LogP contribution in [0.5, 0.6) is 0 Å². The average Bonchev–Trinajstić information content (AvgIpc) is 2.84. The molecule has 1 unspecified atom stereocenters. The molecule has 2 amide bonds. The van der Waals surface area contributed by atoms with Crippen molar-refractivity contribution in [1.29, 1.82) is 0 Å². The summed E-state index contributed by atoms with van der Waals surface area (Å²) in [6.45, 7) is 1.57. The Balaban J connectivity index is 1.79. The van der Waals surface area contributed by atoms with Gasteiger partial charge in [-0.25, -0.2) is 4.79 Å². The van der Waals surface area contributed by atoms with Crippen molar-refractivity contribution in [2.75, 3.05) is 25.5 Å². The second kappa shape index (κ2) is 7.00. The molecule has 2 N–H and O–H groups in total. The van der Waals surface area contributed by atoms with E-state index in [9.17, 15) is 18.0 Å². The molecule has 1 aliphatic heterocycles. The van der Waals surface area contributed by atoms with E-state index in [-0.39, 0.29) is 5.69 Å². The Labute approximate surface area is 127 Å². The van der Waals surface area contributed by atoms with Gasteiger partial charge < -0.3 is 15.5 Å². The first-order valence-electron chi connectivity index (χ1n) is 7.28. The van der Waals surface area contributed by atoms with Crippen molar-refractivity contribution in [2.45, 2.75) is 31.5 Å². The third-order valence-corrected chi connectivity index (χ3v) is 3.88. The number of amides is 2. The second-order valence-electron chi connectivity index (χ2n) is 5.52. The Morgan fingerprint density at radius 3 is 2.82 bits per heavy atom. The Morgan fingerprint density at radius 1 is 1.41 bits per heavy atom. The topological polar surface area (TPSA) is 44.4 Å². The fraction of sp³-hybridized carbons (Fsp3) is 0.533. The summed E-state index contributed by atoms with van der Waals surface area (Å²) in [5.41, 5.74) is -0.650. The van der Waals surface area contributed by atoms with Crippen molar-refractivity contribution in [2.24, 2.45) is 0 Å². The van der Waals surface area contributed by atoms with Gasteiger partial charge in [-0.15, -0.1) is 0 Å². The van der Waals surface area contributed by atoms with E-state index in [0.29, 0.717) is 12.6 Å². The van der Waals surface area contributed by atoms with Gasteiger partial charge in [-0.05, 0) is 51.1 Å². The third kappa shape index (κ3) is 4.62. The fourth-order valence-electron chi connectivity index (χ4n) is 2.64. The van der Waals surface area contributed by atoms with Crippen LogP contribution in [0.3, 0.4) is 0 Å². The number of hydrogen-bond donors (Lipinski definition) is 2. The molecular weight excluding hydrogens is 295 g/mol. The van der Waals surface area contributed by atoms with E-state index in [0.717, 1.165) is 37.9 Å². The molecule has 1 atom stereocenters. The lowest BCUT2D eigenvalue weighted by molar-refractivity contribution is -0.137. The summed E-state index contributed by atoms with van der Waals surface area (Å²) in [6.07, 6.45) is -1.29. The molecule has 7 heteroatoms. The molecule has 0 aliphatic carbocycles. The lowest BCUT2D eigenvalue weighted by Crippen LogP contribution is -2.34. The standard InChI is InChI=1S/C15H20F3N3O/c1-21-9-3-6-13(21)7-8-19-14(22)20-12-5-2-4-11(10-12)15(16,17)18/h2,4-5,10,13H,3,6-9H2,1H3,(H2,19,20,22). The van der Waals surface area contributed by atoms with E-state index in [1.165, 1.54) is 12.1 Å². The van der Waals surface area contributed by atoms with Crippen LogP contribution >= 0.6 is 0 Å². The molecule has 0 bridgehead atoms. The molecule has 22 heavy (non-hydrogen) atoms. The number of alkyl halides is 3. The number of carbonyl (C=O) groups excluding carboxylic acids is 1. The van der Waals surface area contributed by atoms with Gasteiger partial charge in [-0.2, -0.15) is 13.2 Å². The summed E-state index contributed by atoms with van der Waals surface area (Å²) in [5, 5.41) is 5.11. The predicted molar refractivity (Wildman–Crippen MR) is 78.7 cm³/mol. The predicted octanol–water partition coefficient (Wildman–Crippen LogP) is 3.31. The zero-order chi connectivity index (χ0) is 16.2. The van der Waals surface area contributed by atoms with Crippen molar-refractivity contribution in [1.82, 2.24) is 10.2 Å². The van der Waals surface area contributed by atoms with Gasteiger partial charge in [0, 0.05) is 18.3 Å². The van der Waals surface area contributed by atoms with E-state index in [2.05, 4.69) is 22.6 Å². The number of nitrogens with zero attached hydrogens (tertiary/aromatic N) is 1. The quantitative estimate of drug-likeness (QED) is 0.895. The number of anilines is 1. The summed E-state index contributed by atoms with van der Waals surface area (Å²) < 4.78 is 37.8. The summed E-state index contributed by atoms with van der Waals surface area (Å²) in [4.78, 5) is 14.0. The number of carbonyl (C=O) groups is 1. The maximum absolute atomic E-state index is 12.6. The smallest absolute Gasteiger partial charge is 0.338 e. The minimum absolute atomic E-state index is 0.130. The number of hydrogen-bond acceptors (Lipinski definition) is 2. The molecule has 1 fully saturated rings. The van der Waals surface area contributed by atoms with Crippen molar-refractivity contribution < 1.29 is 18.0 Å². The van der Waals surface area contributed by atoms with Gasteiger partial charge in [0.2, 0.25) is 0 Å². The Bertz CT molecular complexity index is 519. The number of nitrogens with one attached hydrogen (secondary N) is 2. The number of rotatable bonds is 4. The van der Waals surface area contributed by atoms with E-state index in [1.54, 1.807) is 0 Å². The van der Waals surface area contributed by atoms with E-state index < -0.39 is 17.8 Å². The first-order chi connectivity index (χ1) is 10.4. The number of likely N-dealkylation sites (tertiary alicyclic amines) is 1. The minimum Gasteiger partial charge on any atom is -0.338 e. The second-order valence-corrected chi connectivity index (χ2v) is 5.52. The molecule has 122 valence electrons. The fourth-order valence-corrected chi connectivity index (χ4v) is 2.64. The molecule has 1 aromatic rings. The number of benzene rings is 1. The minimum atomic E-state index is -4.42. The van der Waals surface area contributed by atoms with Crippen LogP contribution in [0.25, 0.3) is 0 Å². The molecule has 0 saturated carbocycles. The van der Waals surface area contributed by atoms with Crippen molar-refractivity contribution >= 4 is 11.7 Å². The monoisotopic (exact) mass is 315 g/mol. The van der Waals surface area contributed by atoms with Crippen molar-refractivity contribution in [3.63, 3.8) is 0 Å². The van der Waals surface area contributed by atoms with Crippen LogP contribution < -0.4 is 10.6 Å². The normalized spacial score (nSPS) is 19.2. The Kier molecular flexibility index (Phi) is 5.28. The molecule has 1 heterocycles. The lowest BCUT2D eigenvalue weighted by atomic mass is 10.1. The largest absolute Gasteiger partial charge is 0.416 e. The van der Waals surface area contributed by atoms with Crippen LogP contribution in [0.4, 0.5) is 23.7 Å². The van der Waals surface area contributed by atoms with Gasteiger partial charge in [0.25, 0.3) is 0 Å². The molecule has 4 nitrogen and oxygen atoms in total. The highest BCUT2D eigenvalue weighted by molar-refractivity contribution is 5.89. The third-order valence-electron chi connectivity index (χ3n) is 3.88. The number of halogens is 3. The van der Waals surface area contributed by atoms with E-state index in [4.69, 9.17) is 0 Å². The lowest BCUT2D eigenvalue weighted by Gasteiger charge is -2.19. The summed E-state index contributed by atoms with van der Waals surface area (Å²) >= 11 is 0. The van der Waals surface area contributed by atoms with Gasteiger partial charge in [0.15, 0.2) is 0 Å². The summed E-state index contributed by atoms with van der Waals surface area (Å²) in [6, 6.07) is 4.57. The summed E-state index contributed by atoms with van der Waals surface area (Å²) in [5.74, 6) is 0. The average molecular weight is 315 g/mol. The van der Waals surface area contributed by atoms with Crippen molar-refractivity contribution in [3.8, 4) is 0 Å². The molecular formula is C15H20F3N3O. The van der Waals surface area contributed by atoms with Gasteiger partial charge in [-0.1, -0.05) is 6.07 Å². The summed E-state index contributed by atoms with van der Waals surface area (Å²) in [7, 11) is 2.06. The number of urea groups is 1. The first kappa shape index (κ1) is 16.6. The van der Waals surface area contributed by atoms with Crippen molar-refractivity contribution in [3.05, 3.63) is 29.8 Å². The van der Waals surface area contributed by atoms with Gasteiger partial charge in [-0.3, -0.25) is 0 Å².